The highest BCUT2D eigenvalue weighted by molar-refractivity contribution is 5.80. The molecule has 0 radical (unpaired) electrons. The van der Waals surface area contributed by atoms with Gasteiger partial charge in [-0.1, -0.05) is 6.92 Å². The number of aryl methyl sites for hydroxylation is 2. The molecule has 0 atom stereocenters. The van der Waals surface area contributed by atoms with Crippen LogP contribution in [-0.2, 0) is 0 Å². The smallest absolute Gasteiger partial charge is 0.273 e. The fourth-order valence-electron chi connectivity index (χ4n) is 2.61. The van der Waals surface area contributed by atoms with E-state index in [0.717, 1.165) is 29.1 Å². The predicted octanol–water partition coefficient (Wildman–Crippen LogP) is 3.15. The van der Waals surface area contributed by atoms with Gasteiger partial charge in [0.05, 0.1) is 25.1 Å². The van der Waals surface area contributed by atoms with Crippen molar-refractivity contribution >= 4 is 6.21 Å². The van der Waals surface area contributed by atoms with E-state index in [2.05, 4.69) is 27.3 Å². The number of hydrogen-bond donors (Lipinski definition) is 0. The molecule has 0 bridgehead atoms. The van der Waals surface area contributed by atoms with Crippen LogP contribution in [0.5, 0.6) is 11.5 Å². The van der Waals surface area contributed by atoms with Gasteiger partial charge in [-0.3, -0.25) is 0 Å². The van der Waals surface area contributed by atoms with Crippen molar-refractivity contribution in [1.29, 1.82) is 0 Å². The molecule has 1 aromatic carbocycles. The highest BCUT2D eigenvalue weighted by Gasteiger charge is 2.11. The maximum atomic E-state index is 5.73. The molecule has 0 N–H and O–H groups in total. The van der Waals surface area contributed by atoms with Gasteiger partial charge in [0.25, 0.3) is 5.95 Å². The Hall–Kier alpha value is -3.16. The molecule has 2 heterocycles. The Balaban J connectivity index is 1.85. The summed E-state index contributed by atoms with van der Waals surface area (Å²) in [5.41, 5.74) is 2.76. The van der Waals surface area contributed by atoms with E-state index in [1.54, 1.807) is 21.9 Å². The Morgan fingerprint density at radius 3 is 2.67 bits per heavy atom. The van der Waals surface area contributed by atoms with Crippen LogP contribution in [0.15, 0.2) is 35.7 Å². The van der Waals surface area contributed by atoms with Crippen LogP contribution in [0.25, 0.3) is 5.95 Å². The van der Waals surface area contributed by atoms with Gasteiger partial charge >= 0.3 is 0 Å². The lowest BCUT2D eigenvalue weighted by Gasteiger charge is -2.11. The second kappa shape index (κ2) is 8.48. The summed E-state index contributed by atoms with van der Waals surface area (Å²) in [4.78, 5) is 0. The largest absolute Gasteiger partial charge is 0.490 e. The van der Waals surface area contributed by atoms with Crippen molar-refractivity contribution in [2.45, 2.75) is 34.1 Å². The average Bonchev–Trinajstić information content (AvgIpc) is 3.24. The standard InChI is InChI=1S/C19H24N6O2/c1-5-9-27-17-8-7-16(11-18(17)26-6-2)12-21-24-13-20-22-19(24)25-15(4)10-14(3)23-25/h7-8,10-13H,5-6,9H2,1-4H3/b21-12-. The summed E-state index contributed by atoms with van der Waals surface area (Å²) in [6.45, 7) is 9.14. The van der Waals surface area contributed by atoms with Gasteiger partial charge in [-0.05, 0) is 57.0 Å². The maximum absolute atomic E-state index is 5.73. The summed E-state index contributed by atoms with van der Waals surface area (Å²) in [5.74, 6) is 1.98. The Kier molecular flexibility index (Phi) is 5.85. The van der Waals surface area contributed by atoms with Crippen molar-refractivity contribution in [3.8, 4) is 17.4 Å². The molecule has 2 aromatic heterocycles. The first-order valence-corrected chi connectivity index (χ1v) is 9.00. The van der Waals surface area contributed by atoms with Crippen molar-refractivity contribution in [1.82, 2.24) is 24.7 Å². The van der Waals surface area contributed by atoms with Crippen molar-refractivity contribution in [3.05, 3.63) is 47.5 Å². The quantitative estimate of drug-likeness (QED) is 0.571. The Morgan fingerprint density at radius 1 is 1.11 bits per heavy atom. The summed E-state index contributed by atoms with van der Waals surface area (Å²) >= 11 is 0. The van der Waals surface area contributed by atoms with Gasteiger partial charge in [-0.25, -0.2) is 4.68 Å². The summed E-state index contributed by atoms with van der Waals surface area (Å²) in [6, 6.07) is 7.72. The lowest BCUT2D eigenvalue weighted by molar-refractivity contribution is 0.277. The zero-order valence-corrected chi connectivity index (χ0v) is 16.1. The number of ether oxygens (including phenoxy) is 2. The third-order valence-electron chi connectivity index (χ3n) is 3.77. The maximum Gasteiger partial charge on any atom is 0.273 e. The zero-order chi connectivity index (χ0) is 19.2. The molecule has 0 amide bonds. The molecule has 0 saturated heterocycles. The summed E-state index contributed by atoms with van der Waals surface area (Å²) in [6.07, 6.45) is 4.21. The predicted molar refractivity (Wildman–Crippen MR) is 103 cm³/mol. The first-order chi connectivity index (χ1) is 13.1. The lowest BCUT2D eigenvalue weighted by atomic mass is 10.2. The Morgan fingerprint density at radius 2 is 1.96 bits per heavy atom. The molecule has 27 heavy (non-hydrogen) atoms. The third-order valence-corrected chi connectivity index (χ3v) is 3.77. The molecule has 3 aromatic rings. The first kappa shape index (κ1) is 18.6. The fraction of sp³-hybridized carbons (Fsp3) is 0.368. The number of rotatable bonds is 8. The molecular weight excluding hydrogens is 344 g/mol. The van der Waals surface area contributed by atoms with E-state index in [1.807, 2.05) is 45.0 Å². The van der Waals surface area contributed by atoms with Gasteiger partial charge in [-0.15, -0.1) is 10.2 Å². The van der Waals surface area contributed by atoms with Crippen LogP contribution in [0.1, 0.15) is 37.2 Å². The van der Waals surface area contributed by atoms with Gasteiger partial charge in [-0.2, -0.15) is 14.9 Å². The molecule has 0 fully saturated rings. The SMILES string of the molecule is CCCOc1ccc(/C=N\n2cnnc2-n2nc(C)cc2C)cc1OCC. The molecule has 8 heteroatoms. The molecule has 0 saturated carbocycles. The minimum absolute atomic E-state index is 0.532. The molecular formula is C19H24N6O2. The third kappa shape index (κ3) is 4.33. The topological polar surface area (TPSA) is 79.4 Å². The van der Waals surface area contributed by atoms with Gasteiger partial charge in [0, 0.05) is 5.69 Å². The molecule has 0 unspecified atom stereocenters. The zero-order valence-electron chi connectivity index (χ0n) is 16.1. The van der Waals surface area contributed by atoms with Crippen LogP contribution in [0.3, 0.4) is 0 Å². The van der Waals surface area contributed by atoms with Gasteiger partial charge < -0.3 is 9.47 Å². The highest BCUT2D eigenvalue weighted by Crippen LogP contribution is 2.28. The molecule has 142 valence electrons. The number of hydrogen-bond acceptors (Lipinski definition) is 6. The lowest BCUT2D eigenvalue weighted by Crippen LogP contribution is -2.06. The Labute approximate surface area is 158 Å². The minimum atomic E-state index is 0.532. The minimum Gasteiger partial charge on any atom is -0.490 e. The average molecular weight is 368 g/mol. The summed E-state index contributed by atoms with van der Waals surface area (Å²) in [7, 11) is 0. The summed E-state index contributed by atoms with van der Waals surface area (Å²) in [5, 5.41) is 17.0. The molecule has 0 aliphatic carbocycles. The van der Waals surface area contributed by atoms with Crippen molar-refractivity contribution in [3.63, 3.8) is 0 Å². The van der Waals surface area contributed by atoms with Gasteiger partial charge in [0.15, 0.2) is 11.5 Å². The van der Waals surface area contributed by atoms with Crippen LogP contribution >= 0.6 is 0 Å². The van der Waals surface area contributed by atoms with Crippen LogP contribution in [0, 0.1) is 13.8 Å². The molecule has 0 spiro atoms. The van der Waals surface area contributed by atoms with E-state index in [0.29, 0.717) is 24.9 Å². The van der Waals surface area contributed by atoms with Crippen molar-refractivity contribution in [2.75, 3.05) is 13.2 Å². The number of benzene rings is 1. The molecule has 0 aliphatic rings. The van der Waals surface area contributed by atoms with Crippen LogP contribution in [0.2, 0.25) is 0 Å². The van der Waals surface area contributed by atoms with Crippen LogP contribution in [-0.4, -0.2) is 44.1 Å². The Bertz CT molecular complexity index is 928. The van der Waals surface area contributed by atoms with Crippen LogP contribution in [0.4, 0.5) is 0 Å². The normalized spacial score (nSPS) is 11.3. The van der Waals surface area contributed by atoms with E-state index < -0.39 is 0 Å². The van der Waals surface area contributed by atoms with Crippen molar-refractivity contribution < 1.29 is 9.47 Å². The van der Waals surface area contributed by atoms with E-state index in [4.69, 9.17) is 9.47 Å². The fourth-order valence-corrected chi connectivity index (χ4v) is 2.61. The number of aromatic nitrogens is 5. The second-order valence-electron chi connectivity index (χ2n) is 6.05. The van der Waals surface area contributed by atoms with Gasteiger partial charge in [0.2, 0.25) is 0 Å². The molecule has 8 nitrogen and oxygen atoms in total. The van der Waals surface area contributed by atoms with E-state index in [-0.39, 0.29) is 0 Å². The van der Waals surface area contributed by atoms with E-state index in [9.17, 15) is 0 Å². The van der Waals surface area contributed by atoms with Crippen LogP contribution < -0.4 is 9.47 Å². The van der Waals surface area contributed by atoms with E-state index >= 15 is 0 Å². The molecule has 0 aliphatic heterocycles. The monoisotopic (exact) mass is 368 g/mol. The summed E-state index contributed by atoms with van der Waals surface area (Å²) < 4.78 is 14.7. The van der Waals surface area contributed by atoms with Gasteiger partial charge in [0.1, 0.15) is 6.33 Å². The highest BCUT2D eigenvalue weighted by atomic mass is 16.5. The van der Waals surface area contributed by atoms with E-state index in [1.165, 1.54) is 0 Å². The first-order valence-electron chi connectivity index (χ1n) is 9.00. The van der Waals surface area contributed by atoms with Crippen molar-refractivity contribution in [2.24, 2.45) is 5.10 Å². The second-order valence-corrected chi connectivity index (χ2v) is 6.05. The molecule has 3 rings (SSSR count). The number of nitrogens with zero attached hydrogens (tertiary/aromatic N) is 6.